The average molecular weight is 343 g/mol. The molecular formula is C15H23BrN2O2. The maximum atomic E-state index is 12.2. The molecule has 0 aromatic heterocycles. The molecule has 0 fully saturated rings. The first-order chi connectivity index (χ1) is 9.40. The van der Waals surface area contributed by atoms with Crippen LogP contribution in [0, 0.1) is 0 Å². The van der Waals surface area contributed by atoms with E-state index in [1.54, 1.807) is 11.8 Å². The first kappa shape index (κ1) is 17.0. The van der Waals surface area contributed by atoms with E-state index in [0.717, 1.165) is 10.0 Å². The van der Waals surface area contributed by atoms with Crippen LogP contribution in [0.1, 0.15) is 39.3 Å². The molecule has 1 rings (SSSR count). The van der Waals surface area contributed by atoms with Crippen LogP contribution in [0.15, 0.2) is 22.7 Å². The van der Waals surface area contributed by atoms with Gasteiger partial charge in [0, 0.05) is 29.2 Å². The van der Waals surface area contributed by atoms with E-state index in [4.69, 9.17) is 10.5 Å². The Morgan fingerprint density at radius 2 is 1.95 bits per heavy atom. The molecule has 0 saturated heterocycles. The van der Waals surface area contributed by atoms with Crippen LogP contribution >= 0.6 is 15.9 Å². The quantitative estimate of drug-likeness (QED) is 0.864. The number of carbonyl (C=O) groups excluding carboxylic acids is 1. The van der Waals surface area contributed by atoms with Gasteiger partial charge in [0.25, 0.3) is 5.91 Å². The molecule has 0 aliphatic rings. The fourth-order valence-electron chi connectivity index (χ4n) is 2.02. The van der Waals surface area contributed by atoms with Gasteiger partial charge in [-0.2, -0.15) is 0 Å². The lowest BCUT2D eigenvalue weighted by atomic mass is 10.1. The minimum Gasteiger partial charge on any atom is -0.481 e. The lowest BCUT2D eigenvalue weighted by Crippen LogP contribution is -2.40. The molecule has 1 aromatic carbocycles. The number of likely N-dealkylation sites (N-methyl/N-ethyl adjacent to an activating group) is 1. The molecule has 0 radical (unpaired) electrons. The van der Waals surface area contributed by atoms with Gasteiger partial charge in [0.1, 0.15) is 5.75 Å². The van der Waals surface area contributed by atoms with E-state index in [1.165, 1.54) is 0 Å². The predicted octanol–water partition coefficient (Wildman–Crippen LogP) is 3.10. The van der Waals surface area contributed by atoms with Crippen LogP contribution in [0.4, 0.5) is 0 Å². The van der Waals surface area contributed by atoms with Gasteiger partial charge in [-0.25, -0.2) is 0 Å². The van der Waals surface area contributed by atoms with E-state index < -0.39 is 6.10 Å². The maximum absolute atomic E-state index is 12.2. The topological polar surface area (TPSA) is 55.6 Å². The number of ether oxygens (including phenoxy) is 1. The normalized spacial score (nSPS) is 13.7. The van der Waals surface area contributed by atoms with Crippen molar-refractivity contribution < 1.29 is 9.53 Å². The standard InChI is InChI=1S/C15H23BrN2O2/c1-5-18(6-2)15(19)11(4)20-14-8-7-12(16)9-13(14)10(3)17/h7-11H,5-6,17H2,1-4H3/t10-,11?/m0/s1. The average Bonchev–Trinajstić information content (AvgIpc) is 2.41. The third-order valence-corrected chi connectivity index (χ3v) is 3.68. The number of hydrogen-bond donors (Lipinski definition) is 1. The summed E-state index contributed by atoms with van der Waals surface area (Å²) in [6.45, 7) is 8.95. The molecule has 2 atom stereocenters. The summed E-state index contributed by atoms with van der Waals surface area (Å²) >= 11 is 3.42. The minimum atomic E-state index is -0.520. The second-order valence-corrected chi connectivity index (χ2v) is 5.66. The highest BCUT2D eigenvalue weighted by atomic mass is 79.9. The molecule has 0 aliphatic carbocycles. The number of nitrogens with zero attached hydrogens (tertiary/aromatic N) is 1. The summed E-state index contributed by atoms with van der Waals surface area (Å²) in [5, 5.41) is 0. The third kappa shape index (κ3) is 4.21. The van der Waals surface area contributed by atoms with Gasteiger partial charge < -0.3 is 15.4 Å². The zero-order valence-corrected chi connectivity index (χ0v) is 14.1. The van der Waals surface area contributed by atoms with Crippen molar-refractivity contribution in [1.82, 2.24) is 4.90 Å². The van der Waals surface area contributed by atoms with Crippen molar-refractivity contribution in [3.05, 3.63) is 28.2 Å². The molecule has 0 bridgehead atoms. The number of benzene rings is 1. The van der Waals surface area contributed by atoms with Crippen molar-refractivity contribution in [3.63, 3.8) is 0 Å². The molecule has 1 aromatic rings. The largest absolute Gasteiger partial charge is 0.481 e. The van der Waals surface area contributed by atoms with Crippen molar-refractivity contribution in [3.8, 4) is 5.75 Å². The Morgan fingerprint density at radius 3 is 2.45 bits per heavy atom. The van der Waals surface area contributed by atoms with Gasteiger partial charge in [0.05, 0.1) is 0 Å². The molecule has 5 heteroatoms. The van der Waals surface area contributed by atoms with Crippen LogP contribution in [-0.4, -0.2) is 30.0 Å². The van der Waals surface area contributed by atoms with Gasteiger partial charge in [-0.15, -0.1) is 0 Å². The Kier molecular flexibility index (Phi) is 6.49. The Balaban J connectivity index is 2.90. The summed E-state index contributed by atoms with van der Waals surface area (Å²) in [6, 6.07) is 5.50. The molecule has 112 valence electrons. The van der Waals surface area contributed by atoms with Crippen molar-refractivity contribution in [2.24, 2.45) is 5.73 Å². The molecule has 0 aliphatic heterocycles. The predicted molar refractivity (Wildman–Crippen MR) is 84.8 cm³/mol. The Hall–Kier alpha value is -1.07. The van der Waals surface area contributed by atoms with E-state index in [0.29, 0.717) is 18.8 Å². The van der Waals surface area contributed by atoms with Crippen LogP contribution in [0.25, 0.3) is 0 Å². The number of halogens is 1. The molecule has 1 amide bonds. The minimum absolute atomic E-state index is 0.00598. The molecule has 0 spiro atoms. The van der Waals surface area contributed by atoms with E-state index >= 15 is 0 Å². The first-order valence-corrected chi connectivity index (χ1v) is 7.70. The van der Waals surface area contributed by atoms with Gasteiger partial charge in [-0.1, -0.05) is 15.9 Å². The lowest BCUT2D eigenvalue weighted by molar-refractivity contribution is -0.137. The highest BCUT2D eigenvalue weighted by molar-refractivity contribution is 9.10. The van der Waals surface area contributed by atoms with Gasteiger partial charge in [-0.3, -0.25) is 4.79 Å². The summed E-state index contributed by atoms with van der Waals surface area (Å²) in [5.74, 6) is 0.657. The van der Waals surface area contributed by atoms with Gasteiger partial charge in [-0.05, 0) is 45.9 Å². The van der Waals surface area contributed by atoms with E-state index in [2.05, 4.69) is 15.9 Å². The van der Waals surface area contributed by atoms with Gasteiger partial charge in [0.2, 0.25) is 0 Å². The van der Waals surface area contributed by atoms with Crippen LogP contribution in [-0.2, 0) is 4.79 Å². The van der Waals surface area contributed by atoms with E-state index in [-0.39, 0.29) is 11.9 Å². The summed E-state index contributed by atoms with van der Waals surface area (Å²) < 4.78 is 6.76. The summed E-state index contributed by atoms with van der Waals surface area (Å²) in [7, 11) is 0. The molecule has 0 saturated carbocycles. The Morgan fingerprint density at radius 1 is 1.35 bits per heavy atom. The van der Waals surface area contributed by atoms with Gasteiger partial charge in [0.15, 0.2) is 6.10 Å². The fourth-order valence-corrected chi connectivity index (χ4v) is 2.39. The third-order valence-electron chi connectivity index (χ3n) is 3.19. The monoisotopic (exact) mass is 342 g/mol. The molecule has 2 N–H and O–H groups in total. The second-order valence-electron chi connectivity index (χ2n) is 4.74. The molecule has 0 heterocycles. The summed E-state index contributed by atoms with van der Waals surface area (Å²) in [6.07, 6.45) is -0.520. The fraction of sp³-hybridized carbons (Fsp3) is 0.533. The zero-order valence-electron chi connectivity index (χ0n) is 12.5. The molecule has 4 nitrogen and oxygen atoms in total. The lowest BCUT2D eigenvalue weighted by Gasteiger charge is -2.24. The first-order valence-electron chi connectivity index (χ1n) is 6.91. The van der Waals surface area contributed by atoms with Crippen LogP contribution in [0.5, 0.6) is 5.75 Å². The summed E-state index contributed by atoms with van der Waals surface area (Å²) in [5.41, 5.74) is 6.84. The van der Waals surface area contributed by atoms with Crippen LogP contribution in [0.2, 0.25) is 0 Å². The van der Waals surface area contributed by atoms with E-state index in [9.17, 15) is 4.79 Å². The number of rotatable bonds is 6. The number of hydrogen-bond acceptors (Lipinski definition) is 3. The van der Waals surface area contributed by atoms with E-state index in [1.807, 2.05) is 39.0 Å². The smallest absolute Gasteiger partial charge is 0.263 e. The highest BCUT2D eigenvalue weighted by Gasteiger charge is 2.21. The van der Waals surface area contributed by atoms with Crippen molar-refractivity contribution in [2.75, 3.05) is 13.1 Å². The summed E-state index contributed by atoms with van der Waals surface area (Å²) in [4.78, 5) is 14.0. The number of carbonyl (C=O) groups is 1. The molecular weight excluding hydrogens is 320 g/mol. The van der Waals surface area contributed by atoms with Crippen molar-refractivity contribution in [1.29, 1.82) is 0 Å². The Labute approximate surface area is 129 Å². The molecule has 20 heavy (non-hydrogen) atoms. The number of amides is 1. The molecule has 1 unspecified atom stereocenters. The Bertz CT molecular complexity index is 459. The highest BCUT2D eigenvalue weighted by Crippen LogP contribution is 2.28. The van der Waals surface area contributed by atoms with Crippen molar-refractivity contribution >= 4 is 21.8 Å². The second kappa shape index (κ2) is 7.64. The maximum Gasteiger partial charge on any atom is 0.263 e. The van der Waals surface area contributed by atoms with Gasteiger partial charge >= 0.3 is 0 Å². The van der Waals surface area contributed by atoms with Crippen molar-refractivity contribution in [2.45, 2.75) is 39.8 Å². The zero-order chi connectivity index (χ0) is 15.3. The number of nitrogens with two attached hydrogens (primary N) is 1. The van der Waals surface area contributed by atoms with Crippen LogP contribution < -0.4 is 10.5 Å². The van der Waals surface area contributed by atoms with Crippen LogP contribution in [0.3, 0.4) is 0 Å². The SMILES string of the molecule is CCN(CC)C(=O)C(C)Oc1ccc(Br)cc1[C@H](C)N.